The number of nitrogen functional groups attached to an aromatic ring is 1. The molecule has 2 aliphatic rings. The zero-order valence-corrected chi connectivity index (χ0v) is 12.9. The van der Waals surface area contributed by atoms with Crippen LogP contribution in [-0.2, 0) is 22.7 Å². The molecule has 2 aromatic heterocycles. The quantitative estimate of drug-likeness (QED) is 0.442. The van der Waals surface area contributed by atoms with E-state index < -0.39 is 32.4 Å². The van der Waals surface area contributed by atoms with E-state index in [4.69, 9.17) is 15.0 Å². The Morgan fingerprint density at radius 2 is 2.12 bits per heavy atom. The number of nitrogens with two attached hydrogens (primary N) is 1. The van der Waals surface area contributed by atoms with E-state index in [2.05, 4.69) is 23.8 Å². The molecule has 1 radical (unpaired) electrons. The van der Waals surface area contributed by atoms with Gasteiger partial charge in [0.15, 0.2) is 17.7 Å². The van der Waals surface area contributed by atoms with E-state index in [1.54, 1.807) is 0 Å². The van der Waals surface area contributed by atoms with Crippen molar-refractivity contribution in [2.45, 2.75) is 24.5 Å². The predicted octanol–water partition coefficient (Wildman–Crippen LogP) is -1.27. The number of hydrogen-bond donors (Lipinski definition) is 3. The van der Waals surface area contributed by atoms with Crippen LogP contribution in [0.3, 0.4) is 0 Å². The molecule has 0 amide bonds. The summed E-state index contributed by atoms with van der Waals surface area (Å²) in [4.78, 5) is 12.0. The summed E-state index contributed by atoms with van der Waals surface area (Å²) in [7, 11) is -2.72. The van der Waals surface area contributed by atoms with Gasteiger partial charge in [0.2, 0.25) is 0 Å². The number of phosphoric acid groups is 1. The summed E-state index contributed by atoms with van der Waals surface area (Å²) in [5.41, 5.74) is 6.40. The Bertz CT molecular complexity index is 812. The maximum atomic E-state index is 11.6. The number of fused-ring (bicyclic) bond motifs is 1. The summed E-state index contributed by atoms with van der Waals surface area (Å²) in [5, 5.41) is 20.4. The van der Waals surface area contributed by atoms with E-state index in [1.807, 2.05) is 0 Å². The molecule has 4 rings (SSSR count). The molecule has 0 aliphatic carbocycles. The average molecular weight is 356 g/mol. The van der Waals surface area contributed by atoms with Gasteiger partial charge in [0.25, 0.3) is 0 Å². The van der Waals surface area contributed by atoms with Gasteiger partial charge in [-0.05, 0) is 0 Å². The van der Waals surface area contributed by atoms with Crippen LogP contribution in [0, 0.1) is 0 Å². The lowest BCUT2D eigenvalue weighted by atomic mass is 10.1. The minimum Gasteiger partial charge on any atom is -0.387 e. The highest BCUT2D eigenvalue weighted by Gasteiger charge is 2.46. The number of aromatic nitrogens is 4. The van der Waals surface area contributed by atoms with Gasteiger partial charge in [-0.3, -0.25) is 9.09 Å². The van der Waals surface area contributed by atoms with E-state index in [1.165, 1.54) is 17.2 Å². The van der Waals surface area contributed by atoms with Crippen LogP contribution in [0.1, 0.15) is 6.23 Å². The van der Waals surface area contributed by atoms with Gasteiger partial charge in [0.1, 0.15) is 30.2 Å². The van der Waals surface area contributed by atoms with E-state index in [0.29, 0.717) is 11.2 Å². The number of rotatable bonds is 4. The lowest BCUT2D eigenvalue weighted by molar-refractivity contribution is -0.0513. The zero-order valence-electron chi connectivity index (χ0n) is 12.0. The van der Waals surface area contributed by atoms with Crippen molar-refractivity contribution in [1.82, 2.24) is 19.5 Å². The number of ether oxygens (including phenoxy) is 1. The largest absolute Gasteiger partial charge is 0.505 e. The van der Waals surface area contributed by atoms with Crippen LogP contribution in [-0.4, -0.2) is 62.3 Å². The highest BCUT2D eigenvalue weighted by molar-refractivity contribution is 7.53. The van der Waals surface area contributed by atoms with Crippen LogP contribution in [0.2, 0.25) is 0 Å². The van der Waals surface area contributed by atoms with Crippen LogP contribution in [0.4, 0.5) is 5.82 Å². The van der Waals surface area contributed by atoms with Crippen LogP contribution in [0.5, 0.6) is 0 Å². The Morgan fingerprint density at radius 1 is 1.33 bits per heavy atom. The monoisotopic (exact) mass is 356 g/mol. The molecule has 2 aromatic rings. The normalized spacial score (nSPS) is 31.8. The maximum absolute atomic E-state index is 11.6. The lowest BCUT2D eigenvalue weighted by Gasteiger charge is -2.25. The SMILES string of the molecule is Nc1ncnc2c1ncn2[C@@H]1O[C@H](COP2(=O)O[B]O2)[C@@H](O)[C@H]1O. The Morgan fingerprint density at radius 3 is 2.83 bits per heavy atom. The third-order valence-corrected chi connectivity index (χ3v) is 4.89. The minimum atomic E-state index is -3.60. The Labute approximate surface area is 135 Å². The Balaban J connectivity index is 1.55. The molecule has 0 bridgehead atoms. The second-order valence-corrected chi connectivity index (χ2v) is 6.75. The van der Waals surface area contributed by atoms with Crippen molar-refractivity contribution in [3.8, 4) is 0 Å². The number of nitrogens with zero attached hydrogens (tertiary/aromatic N) is 4. The Kier molecular flexibility index (Phi) is 3.80. The van der Waals surface area contributed by atoms with Gasteiger partial charge in [-0.2, -0.15) is 0 Å². The molecule has 2 aliphatic heterocycles. The summed E-state index contributed by atoms with van der Waals surface area (Å²) in [6.45, 7) is -0.302. The number of aliphatic hydroxyl groups excluding tert-OH is 2. The van der Waals surface area contributed by atoms with Crippen LogP contribution < -0.4 is 5.73 Å². The second-order valence-electron chi connectivity index (χ2n) is 5.18. The van der Waals surface area contributed by atoms with Gasteiger partial charge in [0.05, 0.1) is 12.9 Å². The van der Waals surface area contributed by atoms with Crippen molar-refractivity contribution in [2.75, 3.05) is 12.3 Å². The van der Waals surface area contributed by atoms with Gasteiger partial charge in [-0.15, -0.1) is 0 Å². The number of imidazole rings is 1. The molecule has 14 heteroatoms. The van der Waals surface area contributed by atoms with Crippen molar-refractivity contribution < 1.29 is 32.9 Å². The first-order chi connectivity index (χ1) is 11.5. The van der Waals surface area contributed by atoms with Gasteiger partial charge in [-0.1, -0.05) is 0 Å². The average Bonchev–Trinajstić information content (AvgIpc) is 3.08. The summed E-state index contributed by atoms with van der Waals surface area (Å²) in [5.74, 6) is 0.181. The summed E-state index contributed by atoms with van der Waals surface area (Å²) in [6.07, 6.45) is -1.90. The fraction of sp³-hybridized carbons (Fsp3) is 0.500. The molecule has 2 saturated heterocycles. The van der Waals surface area contributed by atoms with E-state index >= 15 is 0 Å². The fourth-order valence-electron chi connectivity index (χ4n) is 2.49. The molecular weight excluding hydrogens is 344 g/mol. The Hall–Kier alpha value is -1.60. The van der Waals surface area contributed by atoms with Gasteiger partial charge >= 0.3 is 15.5 Å². The third-order valence-electron chi connectivity index (χ3n) is 3.74. The fourth-order valence-corrected chi connectivity index (χ4v) is 3.17. The molecule has 0 aromatic carbocycles. The van der Waals surface area contributed by atoms with Gasteiger partial charge < -0.3 is 29.6 Å². The van der Waals surface area contributed by atoms with Crippen molar-refractivity contribution in [2.24, 2.45) is 0 Å². The van der Waals surface area contributed by atoms with E-state index in [9.17, 15) is 14.8 Å². The van der Waals surface area contributed by atoms with Gasteiger partial charge in [0, 0.05) is 0 Å². The van der Waals surface area contributed by atoms with Crippen LogP contribution in [0.25, 0.3) is 11.2 Å². The molecule has 127 valence electrons. The summed E-state index contributed by atoms with van der Waals surface area (Å²) in [6, 6.07) is 0. The number of hydrogen-bond acceptors (Lipinski definition) is 11. The van der Waals surface area contributed by atoms with Gasteiger partial charge in [-0.25, -0.2) is 19.5 Å². The minimum absolute atomic E-state index is 0.181. The molecule has 0 unspecified atom stereocenters. The molecule has 24 heavy (non-hydrogen) atoms. The topological polar surface area (TPSA) is 164 Å². The highest BCUT2D eigenvalue weighted by atomic mass is 31.2. The third kappa shape index (κ3) is 2.50. The predicted molar refractivity (Wildman–Crippen MR) is 77.1 cm³/mol. The van der Waals surface area contributed by atoms with Crippen molar-refractivity contribution in [1.29, 1.82) is 0 Å². The molecular formula is C10H12BN5O7P. The van der Waals surface area contributed by atoms with Crippen molar-refractivity contribution >= 4 is 32.5 Å². The highest BCUT2D eigenvalue weighted by Crippen LogP contribution is 2.55. The molecule has 2 fully saturated rings. The molecule has 0 saturated carbocycles. The first-order valence-corrected chi connectivity index (χ1v) is 8.32. The first kappa shape index (κ1) is 15.9. The molecule has 0 spiro atoms. The summed E-state index contributed by atoms with van der Waals surface area (Å²) < 4.78 is 32.7. The second kappa shape index (κ2) is 5.74. The zero-order chi connectivity index (χ0) is 16.9. The molecule has 4 N–H and O–H groups in total. The van der Waals surface area contributed by atoms with Crippen molar-refractivity contribution in [3.63, 3.8) is 0 Å². The molecule has 4 heterocycles. The molecule has 12 nitrogen and oxygen atoms in total. The smallest absolute Gasteiger partial charge is 0.387 e. The maximum Gasteiger partial charge on any atom is 0.505 e. The first-order valence-electron chi connectivity index (χ1n) is 6.86. The van der Waals surface area contributed by atoms with Crippen LogP contribution in [0.15, 0.2) is 12.7 Å². The lowest BCUT2D eigenvalue weighted by Crippen LogP contribution is -2.34. The van der Waals surface area contributed by atoms with E-state index in [0.717, 1.165) is 7.69 Å². The molecule has 4 atom stereocenters. The number of anilines is 1. The van der Waals surface area contributed by atoms with Crippen molar-refractivity contribution in [3.05, 3.63) is 12.7 Å². The van der Waals surface area contributed by atoms with Crippen LogP contribution >= 0.6 is 7.82 Å². The summed E-state index contributed by atoms with van der Waals surface area (Å²) >= 11 is 0. The van der Waals surface area contributed by atoms with E-state index in [-0.39, 0.29) is 12.4 Å². The number of aliphatic hydroxyl groups is 2. The standard InChI is InChI=1S/C10H12BN5O7P/c12-8-5-9(14-2-13-8)16(3-15-5)10-7(18)6(17)4(21-10)1-20-24(19)22-11-23-24/h2-4,6-7,10,17-18H,1H2,(H2,12,13,14)/t4-,6-,7-,10-/m1/s1.